The van der Waals surface area contributed by atoms with Crippen molar-refractivity contribution >= 4 is 27.5 Å². The van der Waals surface area contributed by atoms with Gasteiger partial charge < -0.3 is 15.7 Å². The van der Waals surface area contributed by atoms with Crippen LogP contribution in [0.4, 0.5) is 5.69 Å². The Kier molecular flexibility index (Phi) is 4.70. The summed E-state index contributed by atoms with van der Waals surface area (Å²) in [6, 6.07) is 4.46. The number of nitrogens with two attached hydrogens (primary N) is 1. The van der Waals surface area contributed by atoms with Crippen LogP contribution in [0.3, 0.4) is 0 Å². The predicted octanol–water partition coefficient (Wildman–Crippen LogP) is 1.87. The van der Waals surface area contributed by atoms with E-state index >= 15 is 0 Å². The molecule has 0 aliphatic heterocycles. The fraction of sp³-hybridized carbons (Fsp3) is 0.222. The molecule has 0 unspecified atom stereocenters. The first-order valence-corrected chi connectivity index (χ1v) is 5.37. The Labute approximate surface area is 105 Å². The lowest BCUT2D eigenvalue weighted by atomic mass is 10.3. The molecule has 0 saturated carbocycles. The zero-order chi connectivity index (χ0) is 12.8. The van der Waals surface area contributed by atoms with Gasteiger partial charge in [0.1, 0.15) is 5.84 Å². The Hall–Kier alpha value is -1.83. The van der Waals surface area contributed by atoms with Gasteiger partial charge in [-0.1, -0.05) is 21.1 Å². The van der Waals surface area contributed by atoms with Crippen molar-refractivity contribution in [1.29, 1.82) is 0 Å². The summed E-state index contributed by atoms with van der Waals surface area (Å²) in [5.74, 6) is 0.147. The molecule has 1 aromatic rings. The highest BCUT2D eigenvalue weighted by molar-refractivity contribution is 9.10. The van der Waals surface area contributed by atoms with Gasteiger partial charge in [0.05, 0.1) is 11.5 Å². The van der Waals surface area contributed by atoms with Crippen molar-refractivity contribution < 1.29 is 14.9 Å². The monoisotopic (exact) mass is 303 g/mol. The number of nitro groups is 1. The summed E-state index contributed by atoms with van der Waals surface area (Å²) in [5, 5.41) is 21.8. The Morgan fingerprint density at radius 2 is 2.35 bits per heavy atom. The Morgan fingerprint density at radius 1 is 1.65 bits per heavy atom. The molecule has 0 bridgehead atoms. The predicted molar refractivity (Wildman–Crippen MR) is 64.3 cm³/mol. The van der Waals surface area contributed by atoms with Crippen LogP contribution in [0.1, 0.15) is 6.42 Å². The molecule has 0 radical (unpaired) electrons. The minimum absolute atomic E-state index is 0.00441. The third-order valence-electron chi connectivity index (χ3n) is 1.86. The second kappa shape index (κ2) is 6.04. The van der Waals surface area contributed by atoms with Gasteiger partial charge in [0.25, 0.3) is 0 Å². The number of rotatable bonds is 5. The Balaban J connectivity index is 2.74. The third kappa shape index (κ3) is 3.91. The molecule has 8 heteroatoms. The van der Waals surface area contributed by atoms with E-state index in [-0.39, 0.29) is 30.3 Å². The van der Waals surface area contributed by atoms with Crippen LogP contribution in [0, 0.1) is 10.1 Å². The number of nitrogens with zero attached hydrogens (tertiary/aromatic N) is 2. The number of hydrogen-bond acceptors (Lipinski definition) is 5. The van der Waals surface area contributed by atoms with E-state index in [1.54, 1.807) is 6.07 Å². The summed E-state index contributed by atoms with van der Waals surface area (Å²) in [6.45, 7) is 0.0956. The minimum atomic E-state index is -0.538. The summed E-state index contributed by atoms with van der Waals surface area (Å²) in [7, 11) is 0. The maximum Gasteiger partial charge on any atom is 0.312 e. The Morgan fingerprint density at radius 3 is 2.94 bits per heavy atom. The largest absolute Gasteiger partial charge is 0.486 e. The molecule has 17 heavy (non-hydrogen) atoms. The number of benzene rings is 1. The number of amidine groups is 1. The summed E-state index contributed by atoms with van der Waals surface area (Å²) >= 11 is 3.14. The van der Waals surface area contributed by atoms with E-state index in [4.69, 9.17) is 15.7 Å². The number of nitro benzene ring substituents is 1. The zero-order valence-electron chi connectivity index (χ0n) is 8.67. The summed E-state index contributed by atoms with van der Waals surface area (Å²) < 4.78 is 5.78. The second-order valence-corrected chi connectivity index (χ2v) is 3.97. The van der Waals surface area contributed by atoms with Crippen molar-refractivity contribution in [3.8, 4) is 5.75 Å². The van der Waals surface area contributed by atoms with Crippen molar-refractivity contribution in [3.63, 3.8) is 0 Å². The maximum absolute atomic E-state index is 10.7. The highest BCUT2D eigenvalue weighted by Crippen LogP contribution is 2.30. The molecule has 0 aliphatic rings. The standard InChI is InChI=1S/C9H10BrN3O4/c10-6-1-2-8(7(5-6)13(15)16)17-4-3-9(11)12-14/h1-2,5,14H,3-4H2,(H2,11,12). The molecule has 0 atom stereocenters. The van der Waals surface area contributed by atoms with E-state index in [0.29, 0.717) is 4.47 Å². The van der Waals surface area contributed by atoms with Crippen molar-refractivity contribution in [3.05, 3.63) is 32.8 Å². The van der Waals surface area contributed by atoms with Gasteiger partial charge in [0.2, 0.25) is 0 Å². The molecule has 0 aromatic heterocycles. The first-order valence-electron chi connectivity index (χ1n) is 4.57. The molecule has 0 aliphatic carbocycles. The van der Waals surface area contributed by atoms with Gasteiger partial charge >= 0.3 is 5.69 Å². The van der Waals surface area contributed by atoms with Crippen LogP contribution in [0.2, 0.25) is 0 Å². The fourth-order valence-electron chi connectivity index (χ4n) is 1.07. The molecular weight excluding hydrogens is 294 g/mol. The fourth-order valence-corrected chi connectivity index (χ4v) is 1.42. The minimum Gasteiger partial charge on any atom is -0.486 e. The number of ether oxygens (including phenoxy) is 1. The van der Waals surface area contributed by atoms with Crippen LogP contribution in [-0.4, -0.2) is 22.6 Å². The van der Waals surface area contributed by atoms with Crippen molar-refractivity contribution in [1.82, 2.24) is 0 Å². The van der Waals surface area contributed by atoms with Gasteiger partial charge in [-0.3, -0.25) is 10.1 Å². The molecule has 0 amide bonds. The molecule has 7 nitrogen and oxygen atoms in total. The van der Waals surface area contributed by atoms with E-state index in [1.807, 2.05) is 0 Å². The Bertz CT molecular complexity index is 450. The van der Waals surface area contributed by atoms with E-state index in [1.165, 1.54) is 12.1 Å². The molecule has 0 saturated heterocycles. The van der Waals surface area contributed by atoms with Crippen LogP contribution in [-0.2, 0) is 0 Å². The normalized spacial score (nSPS) is 11.2. The van der Waals surface area contributed by atoms with E-state index in [2.05, 4.69) is 21.1 Å². The van der Waals surface area contributed by atoms with Gasteiger partial charge in [0.15, 0.2) is 5.75 Å². The second-order valence-electron chi connectivity index (χ2n) is 3.06. The van der Waals surface area contributed by atoms with Crippen molar-refractivity contribution in [2.75, 3.05) is 6.61 Å². The lowest BCUT2D eigenvalue weighted by Crippen LogP contribution is -2.15. The van der Waals surface area contributed by atoms with Gasteiger partial charge in [-0.05, 0) is 12.1 Å². The third-order valence-corrected chi connectivity index (χ3v) is 2.36. The summed E-state index contributed by atoms with van der Waals surface area (Å²) in [6.07, 6.45) is 0.184. The van der Waals surface area contributed by atoms with Crippen LogP contribution in [0.5, 0.6) is 5.75 Å². The van der Waals surface area contributed by atoms with E-state index in [0.717, 1.165) is 0 Å². The molecule has 1 rings (SSSR count). The van der Waals surface area contributed by atoms with Crippen molar-refractivity contribution in [2.24, 2.45) is 10.9 Å². The summed E-state index contributed by atoms with van der Waals surface area (Å²) in [4.78, 5) is 10.2. The molecule has 0 spiro atoms. The highest BCUT2D eigenvalue weighted by Gasteiger charge is 2.15. The molecule has 0 fully saturated rings. The van der Waals surface area contributed by atoms with Crippen LogP contribution in [0.15, 0.2) is 27.8 Å². The van der Waals surface area contributed by atoms with Crippen LogP contribution < -0.4 is 10.5 Å². The number of hydrogen-bond donors (Lipinski definition) is 2. The average molecular weight is 304 g/mol. The van der Waals surface area contributed by atoms with Crippen LogP contribution in [0.25, 0.3) is 0 Å². The number of halogens is 1. The van der Waals surface area contributed by atoms with E-state index in [9.17, 15) is 10.1 Å². The SMILES string of the molecule is NC(CCOc1ccc(Br)cc1[N+](=O)[O-])=NO. The van der Waals surface area contributed by atoms with Crippen LogP contribution >= 0.6 is 15.9 Å². The molecular formula is C9H10BrN3O4. The zero-order valence-corrected chi connectivity index (χ0v) is 10.3. The molecule has 92 valence electrons. The molecule has 3 N–H and O–H groups in total. The maximum atomic E-state index is 10.7. The molecule has 0 heterocycles. The highest BCUT2D eigenvalue weighted by atomic mass is 79.9. The topological polar surface area (TPSA) is 111 Å². The average Bonchev–Trinajstić information content (AvgIpc) is 2.30. The molecule has 1 aromatic carbocycles. The van der Waals surface area contributed by atoms with Gasteiger partial charge in [-0.15, -0.1) is 0 Å². The van der Waals surface area contributed by atoms with Gasteiger partial charge in [0, 0.05) is 17.0 Å². The summed E-state index contributed by atoms with van der Waals surface area (Å²) in [5.41, 5.74) is 5.10. The van der Waals surface area contributed by atoms with E-state index < -0.39 is 4.92 Å². The lowest BCUT2D eigenvalue weighted by molar-refractivity contribution is -0.385. The number of oxime groups is 1. The quantitative estimate of drug-likeness (QED) is 0.283. The first kappa shape index (κ1) is 13.2. The van der Waals surface area contributed by atoms with Gasteiger partial charge in [-0.2, -0.15) is 0 Å². The first-order chi connectivity index (χ1) is 8.04. The smallest absolute Gasteiger partial charge is 0.312 e. The lowest BCUT2D eigenvalue weighted by Gasteiger charge is -2.06. The van der Waals surface area contributed by atoms with Crippen molar-refractivity contribution in [2.45, 2.75) is 6.42 Å². The van der Waals surface area contributed by atoms with Gasteiger partial charge in [-0.25, -0.2) is 0 Å².